The first-order valence-corrected chi connectivity index (χ1v) is 12.1. The van der Waals surface area contributed by atoms with Crippen molar-refractivity contribution in [2.75, 3.05) is 6.61 Å². The molecule has 2 aromatic carbocycles. The van der Waals surface area contributed by atoms with Crippen LogP contribution in [0.5, 0.6) is 11.5 Å². The molecule has 0 aliphatic heterocycles. The van der Waals surface area contributed by atoms with Crippen LogP contribution in [0.1, 0.15) is 39.5 Å². The normalized spacial score (nSPS) is 12.1. The zero-order valence-corrected chi connectivity index (χ0v) is 18.5. The Balaban J connectivity index is 0.000000960. The van der Waals surface area contributed by atoms with Crippen LogP contribution in [-0.2, 0) is 9.09 Å². The number of hydrogen-bond acceptors (Lipinski definition) is 7. The van der Waals surface area contributed by atoms with E-state index < -0.39 is 16.4 Å². The fourth-order valence-electron chi connectivity index (χ4n) is 2.39. The molecule has 162 valence electrons. The van der Waals surface area contributed by atoms with E-state index in [2.05, 4.69) is 13.8 Å². The molecule has 0 radical (unpaired) electrons. The van der Waals surface area contributed by atoms with Gasteiger partial charge in [0, 0.05) is 0 Å². The Bertz CT molecular complexity index is 650. The third-order valence-electron chi connectivity index (χ3n) is 3.93. The summed E-state index contributed by atoms with van der Waals surface area (Å²) in [6.07, 6.45) is 4.28. The van der Waals surface area contributed by atoms with E-state index in [-0.39, 0.29) is 0 Å². The quantitative estimate of drug-likeness (QED) is 0.383. The van der Waals surface area contributed by atoms with Gasteiger partial charge in [0.25, 0.3) is 0 Å². The van der Waals surface area contributed by atoms with Crippen LogP contribution in [0.2, 0.25) is 0 Å². The van der Waals surface area contributed by atoms with E-state index in [1.165, 1.54) is 0 Å². The highest BCUT2D eigenvalue weighted by Gasteiger charge is 2.31. The zero-order valence-electron chi connectivity index (χ0n) is 16.8. The molecule has 0 saturated heterocycles. The van der Waals surface area contributed by atoms with E-state index in [0.717, 1.165) is 25.7 Å². The van der Waals surface area contributed by atoms with Crippen molar-refractivity contribution in [3.63, 3.8) is 0 Å². The fraction of sp³-hybridized carbons (Fsp3) is 0.400. The summed E-state index contributed by atoms with van der Waals surface area (Å²) in [6.45, 7) is 4.63. The Hall–Kier alpha value is -1.46. The summed E-state index contributed by atoms with van der Waals surface area (Å²) < 4.78 is 30.1. The molecule has 9 heteroatoms. The predicted molar refractivity (Wildman–Crippen MR) is 115 cm³/mol. The van der Waals surface area contributed by atoms with E-state index in [9.17, 15) is 4.57 Å². The summed E-state index contributed by atoms with van der Waals surface area (Å²) in [6, 6.07) is 17.9. The maximum absolute atomic E-state index is 13.2. The summed E-state index contributed by atoms with van der Waals surface area (Å²) in [5.74, 6) is 1.26. The van der Waals surface area contributed by atoms with E-state index in [1.807, 2.05) is 36.4 Å². The van der Waals surface area contributed by atoms with Gasteiger partial charge in [0.1, 0.15) is 11.5 Å². The van der Waals surface area contributed by atoms with Gasteiger partial charge in [-0.3, -0.25) is 4.52 Å². The van der Waals surface area contributed by atoms with Gasteiger partial charge in [-0.25, -0.2) is 4.57 Å². The van der Waals surface area contributed by atoms with Crippen LogP contribution in [0.4, 0.5) is 0 Å². The highest BCUT2D eigenvalue weighted by atomic mass is 31.2. The summed E-state index contributed by atoms with van der Waals surface area (Å²) in [4.78, 5) is 21.7. The Kier molecular flexibility index (Phi) is 12.8. The lowest BCUT2D eigenvalue weighted by molar-refractivity contribution is 0.170. The van der Waals surface area contributed by atoms with Gasteiger partial charge in [-0.05, 0) is 36.6 Å². The molecular formula is C20H30O7P2. The molecule has 0 saturated carbocycles. The SMILES string of the molecule is CCCCC(CC)COP(=O)(Oc1ccccc1)Oc1ccccc1.OP(O)O. The Morgan fingerprint density at radius 2 is 1.34 bits per heavy atom. The molecule has 1 atom stereocenters. The second-order valence-corrected chi connectivity index (χ2v) is 8.29. The van der Waals surface area contributed by atoms with Gasteiger partial charge in [-0.1, -0.05) is 69.5 Å². The molecule has 0 aliphatic carbocycles. The maximum Gasteiger partial charge on any atom is 0.587 e. The minimum atomic E-state index is -3.76. The average molecular weight is 444 g/mol. The van der Waals surface area contributed by atoms with Crippen molar-refractivity contribution in [3.05, 3.63) is 60.7 Å². The first-order valence-electron chi connectivity index (χ1n) is 9.49. The van der Waals surface area contributed by atoms with Crippen LogP contribution < -0.4 is 9.05 Å². The summed E-state index contributed by atoms with van der Waals surface area (Å²) >= 11 is 0. The van der Waals surface area contributed by atoms with Crippen LogP contribution in [0.25, 0.3) is 0 Å². The largest absolute Gasteiger partial charge is 0.587 e. The smallest absolute Gasteiger partial charge is 0.395 e. The second-order valence-electron chi connectivity index (χ2n) is 6.24. The molecule has 0 amide bonds. The number of para-hydroxylation sites is 2. The first-order chi connectivity index (χ1) is 13.9. The Morgan fingerprint density at radius 1 is 0.897 bits per heavy atom. The molecule has 0 aliphatic rings. The van der Waals surface area contributed by atoms with Crippen LogP contribution >= 0.6 is 16.4 Å². The van der Waals surface area contributed by atoms with Gasteiger partial charge < -0.3 is 23.7 Å². The lowest BCUT2D eigenvalue weighted by Crippen LogP contribution is -2.12. The number of phosphoric acid groups is 1. The molecule has 2 aromatic rings. The Morgan fingerprint density at radius 3 is 1.72 bits per heavy atom. The van der Waals surface area contributed by atoms with Gasteiger partial charge >= 0.3 is 16.4 Å². The maximum atomic E-state index is 13.2. The van der Waals surface area contributed by atoms with Crippen LogP contribution in [0, 0.1) is 5.92 Å². The van der Waals surface area contributed by atoms with Crippen LogP contribution in [-0.4, -0.2) is 21.3 Å². The molecule has 0 fully saturated rings. The van der Waals surface area contributed by atoms with Gasteiger partial charge in [-0.2, -0.15) is 0 Å². The monoisotopic (exact) mass is 444 g/mol. The lowest BCUT2D eigenvalue weighted by Gasteiger charge is -2.21. The van der Waals surface area contributed by atoms with E-state index >= 15 is 0 Å². The number of hydrogen-bond donors (Lipinski definition) is 3. The van der Waals surface area contributed by atoms with Crippen molar-refractivity contribution in [2.45, 2.75) is 39.5 Å². The first kappa shape index (κ1) is 25.6. The molecule has 1 unspecified atom stereocenters. The lowest BCUT2D eigenvalue weighted by atomic mass is 10.0. The van der Waals surface area contributed by atoms with Crippen molar-refractivity contribution in [2.24, 2.45) is 5.92 Å². The van der Waals surface area contributed by atoms with E-state index in [4.69, 9.17) is 28.3 Å². The topological polar surface area (TPSA) is 105 Å². The molecule has 0 spiro atoms. The Labute approximate surface area is 173 Å². The zero-order chi connectivity index (χ0) is 21.5. The molecule has 3 N–H and O–H groups in total. The minimum absolute atomic E-state index is 0.340. The van der Waals surface area contributed by atoms with Gasteiger partial charge in [0.05, 0.1) is 6.61 Å². The van der Waals surface area contributed by atoms with Crippen LogP contribution in [0.3, 0.4) is 0 Å². The van der Waals surface area contributed by atoms with Gasteiger partial charge in [0.2, 0.25) is 0 Å². The second kappa shape index (κ2) is 14.5. The van der Waals surface area contributed by atoms with Gasteiger partial charge in [0.15, 0.2) is 0 Å². The average Bonchev–Trinajstić information content (AvgIpc) is 2.69. The molecule has 0 heterocycles. The van der Waals surface area contributed by atoms with E-state index in [1.54, 1.807) is 24.3 Å². The van der Waals surface area contributed by atoms with Crippen molar-refractivity contribution >= 4 is 16.4 Å². The van der Waals surface area contributed by atoms with Crippen molar-refractivity contribution in [1.29, 1.82) is 0 Å². The number of benzene rings is 2. The van der Waals surface area contributed by atoms with Crippen molar-refractivity contribution in [3.8, 4) is 11.5 Å². The number of rotatable bonds is 11. The molecular weight excluding hydrogens is 414 g/mol. The highest BCUT2D eigenvalue weighted by Crippen LogP contribution is 2.50. The standard InChI is InChI=1S/C20H27O4P.H3O3P/c1-3-5-12-18(4-2)17-22-25(21,23-19-13-8-6-9-14-19)24-20-15-10-7-11-16-20;1-4(2)3/h6-11,13-16,18H,3-5,12,17H2,1-2H3;1-3H. The molecule has 0 bridgehead atoms. The highest BCUT2D eigenvalue weighted by molar-refractivity contribution is 7.49. The molecule has 29 heavy (non-hydrogen) atoms. The van der Waals surface area contributed by atoms with Crippen molar-refractivity contribution < 1.29 is 32.8 Å². The fourth-order valence-corrected chi connectivity index (χ4v) is 3.68. The molecule has 7 nitrogen and oxygen atoms in total. The third kappa shape index (κ3) is 12.0. The van der Waals surface area contributed by atoms with Gasteiger partial charge in [-0.15, -0.1) is 0 Å². The molecule has 2 rings (SSSR count). The van der Waals surface area contributed by atoms with Crippen molar-refractivity contribution in [1.82, 2.24) is 0 Å². The predicted octanol–water partition coefficient (Wildman–Crippen LogP) is 5.68. The number of phosphoric ester groups is 1. The van der Waals surface area contributed by atoms with Crippen LogP contribution in [0.15, 0.2) is 60.7 Å². The summed E-state index contributed by atoms with van der Waals surface area (Å²) in [7, 11) is -6.38. The molecule has 0 aromatic heterocycles. The third-order valence-corrected chi connectivity index (χ3v) is 5.27. The summed E-state index contributed by atoms with van der Waals surface area (Å²) in [5.41, 5.74) is 0. The minimum Gasteiger partial charge on any atom is -0.395 e. The number of unbranched alkanes of at least 4 members (excludes halogenated alkanes) is 1. The summed E-state index contributed by atoms with van der Waals surface area (Å²) in [5, 5.41) is 0. The van der Waals surface area contributed by atoms with E-state index in [0.29, 0.717) is 24.0 Å².